The van der Waals surface area contributed by atoms with Crippen molar-refractivity contribution >= 4 is 28.8 Å². The van der Waals surface area contributed by atoms with E-state index in [1.807, 2.05) is 13.8 Å². The van der Waals surface area contributed by atoms with Crippen LogP contribution in [0, 0.1) is 5.41 Å². The zero-order valence-electron chi connectivity index (χ0n) is 17.3. The van der Waals surface area contributed by atoms with E-state index in [0.717, 1.165) is 48.4 Å². The number of phenols is 1. The Bertz CT molecular complexity index is 723. The third-order valence-corrected chi connectivity index (χ3v) is 5.34. The molecule has 0 spiro atoms. The first-order valence-corrected chi connectivity index (χ1v) is 10.8. The Morgan fingerprint density at radius 2 is 1.86 bits per heavy atom. The highest BCUT2D eigenvalue weighted by Crippen LogP contribution is 2.30. The molecular weight excluding hydrogens is 396 g/mol. The van der Waals surface area contributed by atoms with Gasteiger partial charge in [-0.15, -0.1) is 0 Å². The van der Waals surface area contributed by atoms with E-state index in [1.165, 1.54) is 6.07 Å². The minimum absolute atomic E-state index is 0.0957. The molecule has 0 heterocycles. The molecule has 1 aromatic carbocycles. The van der Waals surface area contributed by atoms with Crippen LogP contribution < -0.4 is 10.0 Å². The Morgan fingerprint density at radius 3 is 2.45 bits per heavy atom. The number of amides is 1. The van der Waals surface area contributed by atoms with Gasteiger partial charge in [-0.3, -0.25) is 18.4 Å². The van der Waals surface area contributed by atoms with Crippen molar-refractivity contribution in [3.05, 3.63) is 23.8 Å². The second kappa shape index (κ2) is 11.8. The standard InChI is InChI=1S/C20H32N2O6S/c1-4-28-19(25)20(2,3)12-8-6-5-7-9-15-10-11-17(23)16(13-15)22(29(26)27)14-18(21)24/h10-11,13,23H,4-9,12,14H2,1-3H3,(H2,21,24)(H,26,27). The summed E-state index contributed by atoms with van der Waals surface area (Å²) >= 11 is -2.48. The van der Waals surface area contributed by atoms with Gasteiger partial charge in [0, 0.05) is 0 Å². The average molecular weight is 429 g/mol. The van der Waals surface area contributed by atoms with Crippen LogP contribution in [0.2, 0.25) is 0 Å². The van der Waals surface area contributed by atoms with Crippen molar-refractivity contribution in [1.82, 2.24) is 0 Å². The molecule has 0 aliphatic heterocycles. The van der Waals surface area contributed by atoms with Crippen LogP contribution in [0.5, 0.6) is 5.75 Å². The minimum atomic E-state index is -2.48. The maximum atomic E-state index is 11.9. The van der Waals surface area contributed by atoms with Crippen LogP contribution in [0.4, 0.5) is 5.69 Å². The first-order chi connectivity index (χ1) is 13.6. The largest absolute Gasteiger partial charge is 0.506 e. The van der Waals surface area contributed by atoms with Crippen LogP contribution >= 0.6 is 0 Å². The van der Waals surface area contributed by atoms with Crippen molar-refractivity contribution in [2.75, 3.05) is 17.5 Å². The van der Waals surface area contributed by atoms with E-state index in [9.17, 15) is 23.5 Å². The van der Waals surface area contributed by atoms with Gasteiger partial charge in [-0.25, -0.2) is 4.21 Å². The predicted octanol–water partition coefficient (Wildman–Crippen LogP) is 2.90. The number of nitrogens with two attached hydrogens (primary N) is 1. The summed E-state index contributed by atoms with van der Waals surface area (Å²) in [4.78, 5) is 23.0. The number of phenolic OH excluding ortho intramolecular Hbond substituents is 1. The molecule has 1 rings (SSSR count). The Labute approximate surface area is 174 Å². The van der Waals surface area contributed by atoms with Gasteiger partial charge in [0.15, 0.2) is 0 Å². The second-order valence-corrected chi connectivity index (χ2v) is 8.48. The summed E-state index contributed by atoms with van der Waals surface area (Å²) in [6.45, 7) is 5.50. The Hall–Kier alpha value is -2.13. The summed E-state index contributed by atoms with van der Waals surface area (Å²) < 4.78 is 26.8. The predicted molar refractivity (Wildman–Crippen MR) is 113 cm³/mol. The number of nitrogens with zero attached hydrogens (tertiary/aromatic N) is 1. The Morgan fingerprint density at radius 1 is 1.21 bits per heavy atom. The molecular formula is C20H32N2O6S. The monoisotopic (exact) mass is 428 g/mol. The third kappa shape index (κ3) is 8.41. The third-order valence-electron chi connectivity index (χ3n) is 4.64. The zero-order chi connectivity index (χ0) is 22.0. The van der Waals surface area contributed by atoms with Crippen LogP contribution in [0.25, 0.3) is 0 Å². The van der Waals surface area contributed by atoms with Gasteiger partial charge in [0.05, 0.1) is 17.7 Å². The number of hydrogen-bond donors (Lipinski definition) is 3. The Balaban J connectivity index is 2.54. The zero-order valence-corrected chi connectivity index (χ0v) is 18.2. The van der Waals surface area contributed by atoms with E-state index in [4.69, 9.17) is 10.5 Å². The number of primary amides is 1. The fourth-order valence-electron chi connectivity index (χ4n) is 2.97. The van der Waals surface area contributed by atoms with Crippen LogP contribution in [-0.4, -0.2) is 38.9 Å². The first kappa shape index (κ1) is 24.9. The maximum Gasteiger partial charge on any atom is 0.311 e. The lowest BCUT2D eigenvalue weighted by Gasteiger charge is -2.22. The quantitative estimate of drug-likeness (QED) is 0.252. The van der Waals surface area contributed by atoms with Gasteiger partial charge in [-0.05, 0) is 57.7 Å². The number of hydrogen-bond acceptors (Lipinski definition) is 5. The molecule has 1 atom stereocenters. The molecule has 1 amide bonds. The number of carbonyl (C=O) groups is 2. The molecule has 0 radical (unpaired) electrons. The lowest BCUT2D eigenvalue weighted by Crippen LogP contribution is -2.35. The summed E-state index contributed by atoms with van der Waals surface area (Å²) in [5, 5.41) is 9.99. The highest BCUT2D eigenvalue weighted by molar-refractivity contribution is 7.80. The minimum Gasteiger partial charge on any atom is -0.506 e. The fraction of sp³-hybridized carbons (Fsp3) is 0.600. The van der Waals surface area contributed by atoms with E-state index < -0.39 is 29.1 Å². The molecule has 164 valence electrons. The summed E-state index contributed by atoms with van der Waals surface area (Å²) in [5.41, 5.74) is 5.61. The lowest BCUT2D eigenvalue weighted by molar-refractivity contribution is -0.153. The SMILES string of the molecule is CCOC(=O)C(C)(C)CCCCCCc1ccc(O)c(N(CC(N)=O)S(=O)O)c1. The van der Waals surface area contributed by atoms with Crippen LogP contribution in [-0.2, 0) is 32.0 Å². The molecule has 0 bridgehead atoms. The van der Waals surface area contributed by atoms with Gasteiger partial charge >= 0.3 is 5.97 Å². The molecule has 1 aromatic rings. The van der Waals surface area contributed by atoms with E-state index in [-0.39, 0.29) is 17.4 Å². The Kier molecular flexibility index (Phi) is 10.1. The fourth-order valence-corrected chi connectivity index (χ4v) is 3.52. The van der Waals surface area contributed by atoms with Crippen molar-refractivity contribution in [3.63, 3.8) is 0 Å². The number of esters is 1. The molecule has 4 N–H and O–H groups in total. The van der Waals surface area contributed by atoms with Gasteiger partial charge in [-0.1, -0.05) is 25.3 Å². The van der Waals surface area contributed by atoms with Crippen molar-refractivity contribution in [2.24, 2.45) is 11.1 Å². The highest BCUT2D eigenvalue weighted by Gasteiger charge is 2.28. The summed E-state index contributed by atoms with van der Waals surface area (Å²) in [6.07, 6.45) is 5.23. The van der Waals surface area contributed by atoms with E-state index in [1.54, 1.807) is 19.1 Å². The summed E-state index contributed by atoms with van der Waals surface area (Å²) in [6, 6.07) is 4.77. The molecule has 8 nitrogen and oxygen atoms in total. The molecule has 29 heavy (non-hydrogen) atoms. The number of unbranched alkanes of at least 4 members (excludes halogenated alkanes) is 3. The number of carbonyl (C=O) groups excluding carboxylic acids is 2. The van der Waals surface area contributed by atoms with Gasteiger partial charge < -0.3 is 15.6 Å². The van der Waals surface area contributed by atoms with Crippen LogP contribution in [0.3, 0.4) is 0 Å². The van der Waals surface area contributed by atoms with Gasteiger partial charge in [0.1, 0.15) is 12.3 Å². The van der Waals surface area contributed by atoms with Gasteiger partial charge in [0.2, 0.25) is 5.91 Å². The maximum absolute atomic E-state index is 11.9. The topological polar surface area (TPSA) is 130 Å². The molecule has 0 aromatic heterocycles. The summed E-state index contributed by atoms with van der Waals surface area (Å²) in [7, 11) is 0. The number of benzene rings is 1. The molecule has 0 aliphatic rings. The first-order valence-electron chi connectivity index (χ1n) is 9.74. The molecule has 0 aliphatic carbocycles. The highest BCUT2D eigenvalue weighted by atomic mass is 32.2. The van der Waals surface area contributed by atoms with E-state index in [2.05, 4.69) is 0 Å². The number of aryl methyl sites for hydroxylation is 1. The molecule has 0 saturated heterocycles. The van der Waals surface area contributed by atoms with Gasteiger partial charge in [0.25, 0.3) is 11.3 Å². The van der Waals surface area contributed by atoms with Crippen molar-refractivity contribution < 1.29 is 28.2 Å². The molecule has 1 unspecified atom stereocenters. The lowest BCUT2D eigenvalue weighted by atomic mass is 9.87. The summed E-state index contributed by atoms with van der Waals surface area (Å²) in [5.74, 6) is -1.14. The van der Waals surface area contributed by atoms with E-state index in [0.29, 0.717) is 6.61 Å². The van der Waals surface area contributed by atoms with Gasteiger partial charge in [-0.2, -0.15) is 0 Å². The van der Waals surface area contributed by atoms with Crippen LogP contribution in [0.15, 0.2) is 18.2 Å². The number of anilines is 1. The average Bonchev–Trinajstić information content (AvgIpc) is 2.63. The molecule has 0 fully saturated rings. The normalized spacial score (nSPS) is 12.4. The van der Waals surface area contributed by atoms with Crippen molar-refractivity contribution in [1.29, 1.82) is 0 Å². The number of aromatic hydroxyl groups is 1. The molecule has 9 heteroatoms. The number of rotatable bonds is 13. The second-order valence-electron chi connectivity index (χ2n) is 7.58. The van der Waals surface area contributed by atoms with Crippen LogP contribution in [0.1, 0.15) is 58.4 Å². The van der Waals surface area contributed by atoms with Crippen molar-refractivity contribution in [2.45, 2.75) is 59.3 Å². The van der Waals surface area contributed by atoms with Crippen molar-refractivity contribution in [3.8, 4) is 5.75 Å². The molecule has 0 saturated carbocycles. The smallest absolute Gasteiger partial charge is 0.311 e. The number of ether oxygens (including phenoxy) is 1. The van der Waals surface area contributed by atoms with E-state index >= 15 is 0 Å².